The van der Waals surface area contributed by atoms with Gasteiger partial charge >= 0.3 is 5.97 Å². The molecule has 0 radical (unpaired) electrons. The Labute approximate surface area is 202 Å². The summed E-state index contributed by atoms with van der Waals surface area (Å²) in [6.45, 7) is 1.83. The number of carbonyl (C=O) groups is 3. The molecule has 1 aromatic carbocycles. The van der Waals surface area contributed by atoms with Gasteiger partial charge in [-0.05, 0) is 124 Å². The predicted octanol–water partition coefficient (Wildman–Crippen LogP) is 5.03. The monoisotopic (exact) mass is 807 g/mol. The molecular weight excluding hydrogens is 799 g/mol. The van der Waals surface area contributed by atoms with Crippen molar-refractivity contribution < 1.29 is 19.5 Å². The van der Waals surface area contributed by atoms with E-state index in [0.29, 0.717) is 18.5 Å². The van der Waals surface area contributed by atoms with Crippen molar-refractivity contribution in [3.8, 4) is 0 Å². The molecule has 0 bridgehead atoms. The van der Waals surface area contributed by atoms with Gasteiger partial charge in [-0.15, -0.1) is 0 Å². The van der Waals surface area contributed by atoms with Crippen molar-refractivity contribution in [3.05, 3.63) is 31.3 Å². The molecule has 0 saturated carbocycles. The number of amides is 2. The van der Waals surface area contributed by atoms with Gasteiger partial charge in [0.1, 0.15) is 8.96 Å². The second-order valence-corrected chi connectivity index (χ2v) is 10.2. The molecular formula is C15H10Br2I3NO4. The van der Waals surface area contributed by atoms with Crippen molar-refractivity contribution in [2.45, 2.75) is 19.8 Å². The van der Waals surface area contributed by atoms with Crippen LogP contribution in [-0.2, 0) is 20.8 Å². The molecule has 134 valence electrons. The average Bonchev–Trinajstić information content (AvgIpc) is 2.72. The lowest BCUT2D eigenvalue weighted by Crippen LogP contribution is -2.33. The Balaban J connectivity index is 2.58. The van der Waals surface area contributed by atoms with Crippen LogP contribution in [0.15, 0.2) is 15.0 Å². The number of imide groups is 1. The zero-order valence-electron chi connectivity index (χ0n) is 12.6. The molecule has 1 aliphatic rings. The summed E-state index contributed by atoms with van der Waals surface area (Å²) in [5.74, 6) is -2.25. The maximum absolute atomic E-state index is 12.5. The Kier molecular flexibility index (Phi) is 7.76. The summed E-state index contributed by atoms with van der Waals surface area (Å²) < 4.78 is 2.75. The Morgan fingerprint density at radius 3 is 2.12 bits per heavy atom. The first-order valence-corrected chi connectivity index (χ1v) is 11.8. The molecule has 1 aromatic rings. The third kappa shape index (κ3) is 4.26. The van der Waals surface area contributed by atoms with E-state index in [9.17, 15) is 19.5 Å². The molecule has 0 aromatic heterocycles. The molecule has 2 rings (SSSR count). The summed E-state index contributed by atoms with van der Waals surface area (Å²) in [4.78, 5) is 37.5. The van der Waals surface area contributed by atoms with E-state index in [1.807, 2.05) is 13.0 Å². The highest BCUT2D eigenvalue weighted by Gasteiger charge is 2.39. The van der Waals surface area contributed by atoms with Crippen LogP contribution in [0.25, 0.3) is 0 Å². The molecule has 0 fully saturated rings. The lowest BCUT2D eigenvalue weighted by molar-refractivity contribution is -0.141. The van der Waals surface area contributed by atoms with Gasteiger partial charge in [-0.1, -0.05) is 6.92 Å². The number of carbonyl (C=O) groups excluding carboxylic acids is 2. The van der Waals surface area contributed by atoms with Gasteiger partial charge in [0.15, 0.2) is 0 Å². The molecule has 1 atom stereocenters. The third-order valence-corrected chi connectivity index (χ3v) is 8.68. The van der Waals surface area contributed by atoms with Crippen LogP contribution in [-0.4, -0.2) is 22.9 Å². The molecule has 10 heteroatoms. The molecule has 1 aliphatic heterocycles. The summed E-state index contributed by atoms with van der Waals surface area (Å²) in [7, 11) is 0. The van der Waals surface area contributed by atoms with Crippen molar-refractivity contribution in [3.63, 3.8) is 0 Å². The number of benzene rings is 1. The number of hydrogen-bond donors (Lipinski definition) is 1. The fraction of sp³-hybridized carbons (Fsp3) is 0.267. The highest BCUT2D eigenvalue weighted by atomic mass is 127. The van der Waals surface area contributed by atoms with Crippen LogP contribution >= 0.6 is 99.6 Å². The largest absolute Gasteiger partial charge is 0.481 e. The minimum absolute atomic E-state index is 0.182. The van der Waals surface area contributed by atoms with E-state index in [1.54, 1.807) is 0 Å². The zero-order chi connectivity index (χ0) is 19.0. The van der Waals surface area contributed by atoms with Crippen LogP contribution in [0, 0.1) is 16.6 Å². The topological polar surface area (TPSA) is 74.7 Å². The molecule has 0 spiro atoms. The highest BCUT2D eigenvalue weighted by Crippen LogP contribution is 2.40. The lowest BCUT2D eigenvalue weighted by atomic mass is 9.96. The summed E-state index contributed by atoms with van der Waals surface area (Å²) in [6.07, 6.45) is 0.849. The van der Waals surface area contributed by atoms with Gasteiger partial charge in [0, 0.05) is 10.7 Å². The quantitative estimate of drug-likeness (QED) is 0.335. The van der Waals surface area contributed by atoms with Crippen molar-refractivity contribution in [1.29, 1.82) is 0 Å². The summed E-state index contributed by atoms with van der Waals surface area (Å²) >= 11 is 12.6. The maximum atomic E-state index is 12.5. The van der Waals surface area contributed by atoms with Crippen LogP contribution < -0.4 is 4.90 Å². The standard InChI is InChI=1S/C15H10Br2I3NO4/c1-2-5(15(24)25)3-6-7(18)4-8(19)12(11(6)20)21-13(22)9(16)10(17)14(21)23/h4-5H,2-3H2,1H3,(H,24,25). The van der Waals surface area contributed by atoms with E-state index in [2.05, 4.69) is 99.6 Å². The number of aliphatic carboxylic acids is 1. The minimum atomic E-state index is -0.852. The molecule has 1 N–H and O–H groups in total. The van der Waals surface area contributed by atoms with E-state index in [4.69, 9.17) is 0 Å². The first-order valence-electron chi connectivity index (χ1n) is 6.94. The van der Waals surface area contributed by atoms with E-state index < -0.39 is 23.7 Å². The third-order valence-electron chi connectivity index (χ3n) is 3.73. The van der Waals surface area contributed by atoms with Crippen LogP contribution in [0.4, 0.5) is 5.69 Å². The van der Waals surface area contributed by atoms with E-state index in [-0.39, 0.29) is 8.96 Å². The Morgan fingerprint density at radius 2 is 1.68 bits per heavy atom. The maximum Gasteiger partial charge on any atom is 0.306 e. The van der Waals surface area contributed by atoms with Crippen molar-refractivity contribution in [2.24, 2.45) is 5.92 Å². The molecule has 1 unspecified atom stereocenters. The number of anilines is 1. The number of carboxylic acid groups (broad SMARTS) is 1. The fourth-order valence-corrected chi connectivity index (χ4v) is 7.33. The molecule has 25 heavy (non-hydrogen) atoms. The van der Waals surface area contributed by atoms with Gasteiger partial charge in [-0.25, -0.2) is 4.90 Å². The van der Waals surface area contributed by atoms with Crippen LogP contribution in [0.3, 0.4) is 0 Å². The van der Waals surface area contributed by atoms with E-state index >= 15 is 0 Å². The SMILES string of the molecule is CCC(Cc1c(I)cc(I)c(N2C(=O)C(Br)=C(Br)C2=O)c1I)C(=O)O. The normalized spacial score (nSPS) is 16.0. The molecule has 2 amide bonds. The minimum Gasteiger partial charge on any atom is -0.481 e. The fourth-order valence-electron chi connectivity index (χ4n) is 2.34. The zero-order valence-corrected chi connectivity index (χ0v) is 22.2. The van der Waals surface area contributed by atoms with Gasteiger partial charge in [-0.2, -0.15) is 0 Å². The molecule has 5 nitrogen and oxygen atoms in total. The Hall–Kier alpha value is 0.720. The van der Waals surface area contributed by atoms with Crippen LogP contribution in [0.5, 0.6) is 0 Å². The van der Waals surface area contributed by atoms with Gasteiger partial charge in [0.2, 0.25) is 0 Å². The first-order chi connectivity index (χ1) is 11.6. The van der Waals surface area contributed by atoms with E-state index in [0.717, 1.165) is 21.2 Å². The van der Waals surface area contributed by atoms with E-state index in [1.165, 1.54) is 0 Å². The Morgan fingerprint density at radius 1 is 1.16 bits per heavy atom. The van der Waals surface area contributed by atoms with Crippen LogP contribution in [0.2, 0.25) is 0 Å². The number of nitrogens with zero attached hydrogens (tertiary/aromatic N) is 1. The molecule has 0 saturated heterocycles. The number of hydrogen-bond acceptors (Lipinski definition) is 3. The molecule has 1 heterocycles. The van der Waals surface area contributed by atoms with Gasteiger partial charge in [0.25, 0.3) is 11.8 Å². The predicted molar refractivity (Wildman–Crippen MR) is 127 cm³/mol. The highest BCUT2D eigenvalue weighted by molar-refractivity contribution is 14.1. The lowest BCUT2D eigenvalue weighted by Gasteiger charge is -2.22. The number of carboxylic acids is 1. The van der Waals surface area contributed by atoms with Crippen molar-refractivity contribution in [2.75, 3.05) is 4.90 Å². The summed E-state index contributed by atoms with van der Waals surface area (Å²) in [6, 6.07) is 1.86. The first kappa shape index (κ1) is 22.0. The van der Waals surface area contributed by atoms with Gasteiger partial charge in [0.05, 0.1) is 11.6 Å². The van der Waals surface area contributed by atoms with Gasteiger partial charge < -0.3 is 5.11 Å². The number of rotatable bonds is 5. The summed E-state index contributed by atoms with van der Waals surface area (Å²) in [5, 5.41) is 9.36. The smallest absolute Gasteiger partial charge is 0.306 e. The second kappa shape index (κ2) is 8.82. The molecule has 0 aliphatic carbocycles. The number of halogens is 5. The van der Waals surface area contributed by atoms with Crippen molar-refractivity contribution in [1.82, 2.24) is 0 Å². The summed E-state index contributed by atoms with van der Waals surface area (Å²) in [5.41, 5.74) is 1.34. The van der Waals surface area contributed by atoms with Gasteiger partial charge in [-0.3, -0.25) is 14.4 Å². The van der Waals surface area contributed by atoms with Crippen LogP contribution in [0.1, 0.15) is 18.9 Å². The average molecular weight is 809 g/mol. The Bertz CT molecular complexity index is 801. The van der Waals surface area contributed by atoms with Crippen molar-refractivity contribution >= 4 is 123 Å². The second-order valence-electron chi connectivity index (χ2n) is 5.20.